The number of hydrogen-bond donors (Lipinski definition) is 1. The van der Waals surface area contributed by atoms with Crippen molar-refractivity contribution in [2.24, 2.45) is 0 Å². The van der Waals surface area contributed by atoms with Gasteiger partial charge in [-0.2, -0.15) is 4.98 Å². The summed E-state index contributed by atoms with van der Waals surface area (Å²) < 4.78 is 7.06. The monoisotopic (exact) mass is 382 g/mol. The van der Waals surface area contributed by atoms with Crippen molar-refractivity contribution >= 4 is 17.5 Å². The molecule has 10 heteroatoms. The van der Waals surface area contributed by atoms with Crippen molar-refractivity contribution in [2.75, 3.05) is 31.1 Å². The van der Waals surface area contributed by atoms with E-state index in [9.17, 15) is 4.79 Å². The highest BCUT2D eigenvalue weighted by atomic mass is 16.5. The molecule has 0 aromatic carbocycles. The summed E-state index contributed by atoms with van der Waals surface area (Å²) in [5.74, 6) is 2.54. The largest absolute Gasteiger partial charge is 0.352 e. The number of piperazine rings is 1. The molecule has 2 amide bonds. The lowest BCUT2D eigenvalue weighted by Crippen LogP contribution is -2.52. The maximum atomic E-state index is 12.6. The zero-order valence-corrected chi connectivity index (χ0v) is 15.7. The summed E-state index contributed by atoms with van der Waals surface area (Å²) in [6.07, 6.45) is 5.79. The molecular weight excluding hydrogens is 360 g/mol. The topological polar surface area (TPSA) is 105 Å². The molecule has 146 valence electrons. The summed E-state index contributed by atoms with van der Waals surface area (Å²) in [7, 11) is 0. The SMILES string of the molecule is CC(NC(=O)N1CCN(c2ccc3nccn3n2)CC1)c1nc(C2CC2)no1. The van der Waals surface area contributed by atoms with Crippen molar-refractivity contribution in [3.05, 3.63) is 36.2 Å². The van der Waals surface area contributed by atoms with E-state index >= 15 is 0 Å². The van der Waals surface area contributed by atoms with Crippen molar-refractivity contribution in [2.45, 2.75) is 31.7 Å². The molecule has 10 nitrogen and oxygen atoms in total. The van der Waals surface area contributed by atoms with Gasteiger partial charge in [0, 0.05) is 44.5 Å². The number of carbonyl (C=O) groups excluding carboxylic acids is 1. The van der Waals surface area contributed by atoms with Gasteiger partial charge in [-0.25, -0.2) is 14.3 Å². The molecule has 2 aliphatic rings. The minimum absolute atomic E-state index is 0.114. The first-order valence-corrected chi connectivity index (χ1v) is 9.61. The zero-order valence-electron chi connectivity index (χ0n) is 15.7. The molecule has 2 fully saturated rings. The van der Waals surface area contributed by atoms with Crippen LogP contribution in [0, 0.1) is 0 Å². The minimum atomic E-state index is -0.309. The molecule has 3 aromatic rings. The fourth-order valence-corrected chi connectivity index (χ4v) is 3.38. The maximum absolute atomic E-state index is 12.6. The number of carbonyl (C=O) groups is 1. The molecule has 3 aromatic heterocycles. The molecule has 1 aliphatic heterocycles. The van der Waals surface area contributed by atoms with Crippen molar-refractivity contribution < 1.29 is 9.32 Å². The van der Waals surface area contributed by atoms with E-state index < -0.39 is 0 Å². The van der Waals surface area contributed by atoms with Crippen LogP contribution in [-0.2, 0) is 0 Å². The molecule has 0 radical (unpaired) electrons. The highest BCUT2D eigenvalue weighted by Crippen LogP contribution is 2.38. The van der Waals surface area contributed by atoms with E-state index in [0.717, 1.165) is 43.2 Å². The number of imidazole rings is 1. The molecule has 1 saturated heterocycles. The molecule has 28 heavy (non-hydrogen) atoms. The molecule has 1 N–H and O–H groups in total. The van der Waals surface area contributed by atoms with Gasteiger partial charge in [0.2, 0.25) is 5.89 Å². The summed E-state index contributed by atoms with van der Waals surface area (Å²) in [5.41, 5.74) is 0.821. The van der Waals surface area contributed by atoms with Crippen LogP contribution in [0.25, 0.3) is 5.65 Å². The van der Waals surface area contributed by atoms with Gasteiger partial charge in [-0.1, -0.05) is 5.16 Å². The minimum Gasteiger partial charge on any atom is -0.352 e. The number of nitrogens with one attached hydrogen (secondary N) is 1. The Bertz CT molecular complexity index is 986. The number of amides is 2. The number of nitrogens with zero attached hydrogens (tertiary/aromatic N) is 7. The molecule has 5 rings (SSSR count). The number of hydrogen-bond acceptors (Lipinski definition) is 7. The lowest BCUT2D eigenvalue weighted by Gasteiger charge is -2.35. The second-order valence-corrected chi connectivity index (χ2v) is 7.33. The van der Waals surface area contributed by atoms with Gasteiger partial charge < -0.3 is 19.6 Å². The van der Waals surface area contributed by atoms with Crippen LogP contribution < -0.4 is 10.2 Å². The van der Waals surface area contributed by atoms with Crippen LogP contribution in [-0.4, -0.2) is 61.8 Å². The van der Waals surface area contributed by atoms with Crippen molar-refractivity contribution in [1.29, 1.82) is 0 Å². The fraction of sp³-hybridized carbons (Fsp3) is 0.500. The lowest BCUT2D eigenvalue weighted by atomic mass is 10.3. The van der Waals surface area contributed by atoms with Gasteiger partial charge in [0.15, 0.2) is 11.5 Å². The van der Waals surface area contributed by atoms with E-state index in [2.05, 4.69) is 30.4 Å². The molecule has 1 unspecified atom stereocenters. The third kappa shape index (κ3) is 3.25. The van der Waals surface area contributed by atoms with Crippen molar-refractivity contribution in [1.82, 2.24) is 35.0 Å². The smallest absolute Gasteiger partial charge is 0.318 e. The van der Waals surface area contributed by atoms with Gasteiger partial charge in [0.05, 0.1) is 0 Å². The number of aromatic nitrogens is 5. The predicted octanol–water partition coefficient (Wildman–Crippen LogP) is 1.58. The summed E-state index contributed by atoms with van der Waals surface area (Å²) in [5, 5.41) is 11.5. The molecule has 4 heterocycles. The van der Waals surface area contributed by atoms with Gasteiger partial charge in [0.1, 0.15) is 11.9 Å². The summed E-state index contributed by atoms with van der Waals surface area (Å²) >= 11 is 0. The van der Waals surface area contributed by atoms with E-state index in [0.29, 0.717) is 24.9 Å². The van der Waals surface area contributed by atoms with Crippen LogP contribution in [0.15, 0.2) is 29.0 Å². The van der Waals surface area contributed by atoms with Gasteiger partial charge in [-0.15, -0.1) is 5.10 Å². The first-order valence-electron chi connectivity index (χ1n) is 9.61. The molecule has 0 bridgehead atoms. The Kier molecular flexibility index (Phi) is 4.10. The average Bonchev–Trinajstić information content (AvgIpc) is 3.26. The Morgan fingerprint density at radius 1 is 1.25 bits per heavy atom. The van der Waals surface area contributed by atoms with Crippen LogP contribution >= 0.6 is 0 Å². The Labute approximate surface area is 161 Å². The van der Waals surface area contributed by atoms with Gasteiger partial charge in [-0.05, 0) is 31.9 Å². The quantitative estimate of drug-likeness (QED) is 0.730. The van der Waals surface area contributed by atoms with Gasteiger partial charge in [-0.3, -0.25) is 0 Å². The van der Waals surface area contributed by atoms with Gasteiger partial charge >= 0.3 is 6.03 Å². The summed E-state index contributed by atoms with van der Waals surface area (Å²) in [4.78, 5) is 25.2. The first-order chi connectivity index (χ1) is 13.7. The Balaban J connectivity index is 1.17. The van der Waals surface area contributed by atoms with E-state index in [-0.39, 0.29) is 12.1 Å². The Hall–Kier alpha value is -3.17. The van der Waals surface area contributed by atoms with E-state index in [1.807, 2.05) is 25.3 Å². The third-order valence-electron chi connectivity index (χ3n) is 5.24. The van der Waals surface area contributed by atoms with E-state index in [4.69, 9.17) is 4.52 Å². The summed E-state index contributed by atoms with van der Waals surface area (Å²) in [6, 6.07) is 3.49. The second-order valence-electron chi connectivity index (χ2n) is 7.33. The second kappa shape index (κ2) is 6.77. The highest BCUT2D eigenvalue weighted by molar-refractivity contribution is 5.75. The Morgan fingerprint density at radius 2 is 2.07 bits per heavy atom. The highest BCUT2D eigenvalue weighted by Gasteiger charge is 2.30. The van der Waals surface area contributed by atoms with E-state index in [1.54, 1.807) is 15.6 Å². The lowest BCUT2D eigenvalue weighted by molar-refractivity contribution is 0.188. The molecule has 1 aliphatic carbocycles. The zero-order chi connectivity index (χ0) is 19.1. The molecular formula is C18H22N8O2. The average molecular weight is 382 g/mol. The fourth-order valence-electron chi connectivity index (χ4n) is 3.38. The maximum Gasteiger partial charge on any atom is 0.318 e. The molecule has 1 saturated carbocycles. The number of fused-ring (bicyclic) bond motifs is 1. The number of urea groups is 1. The van der Waals surface area contributed by atoms with Crippen LogP contribution in [0.5, 0.6) is 0 Å². The summed E-state index contributed by atoms with van der Waals surface area (Å²) in [6.45, 7) is 4.56. The van der Waals surface area contributed by atoms with Crippen molar-refractivity contribution in [3.63, 3.8) is 0 Å². The predicted molar refractivity (Wildman–Crippen MR) is 100.0 cm³/mol. The van der Waals surface area contributed by atoms with E-state index in [1.165, 1.54) is 0 Å². The third-order valence-corrected chi connectivity index (χ3v) is 5.24. The van der Waals surface area contributed by atoms with Crippen LogP contribution in [0.4, 0.5) is 10.6 Å². The van der Waals surface area contributed by atoms with Crippen LogP contribution in [0.1, 0.15) is 43.4 Å². The first kappa shape index (κ1) is 17.0. The Morgan fingerprint density at radius 3 is 2.86 bits per heavy atom. The van der Waals surface area contributed by atoms with Crippen LogP contribution in [0.2, 0.25) is 0 Å². The van der Waals surface area contributed by atoms with Gasteiger partial charge in [0.25, 0.3) is 0 Å². The van der Waals surface area contributed by atoms with Crippen LogP contribution in [0.3, 0.4) is 0 Å². The molecule has 1 atom stereocenters. The standard InChI is InChI=1S/C18H22N8O2/c1-12(17-21-16(23-28-17)13-2-3-13)20-18(27)25-10-8-24(9-11-25)15-5-4-14-19-6-7-26(14)22-15/h4-7,12-13H,2-3,8-11H2,1H3,(H,20,27). The number of rotatable bonds is 4. The number of anilines is 1. The normalized spacial score (nSPS) is 18.5. The van der Waals surface area contributed by atoms with Crippen molar-refractivity contribution in [3.8, 4) is 0 Å². The molecule has 0 spiro atoms.